The number of Topliss-reactive ketones (excluding diaryl/α,β-unsaturated/α-hetero) is 2. The normalized spacial score (nSPS) is 12.2. The fourth-order valence-corrected chi connectivity index (χ4v) is 5.69. The van der Waals surface area contributed by atoms with Gasteiger partial charge in [0.05, 0.1) is 42.2 Å². The Labute approximate surface area is 334 Å². The van der Waals surface area contributed by atoms with Gasteiger partial charge < -0.3 is 29.6 Å². The second-order valence-corrected chi connectivity index (χ2v) is 12.6. The summed E-state index contributed by atoms with van der Waals surface area (Å²) in [5, 5.41) is 22.1. The molecule has 2 atom stereocenters. The fourth-order valence-electron chi connectivity index (χ4n) is 5.19. The predicted octanol–water partition coefficient (Wildman–Crippen LogP) is 9.62. The molecule has 4 aromatic rings. The van der Waals surface area contributed by atoms with Gasteiger partial charge in [0.25, 0.3) is 11.8 Å². The summed E-state index contributed by atoms with van der Waals surface area (Å²) in [4.78, 5) is 51.5. The minimum atomic E-state index is -1.49. The second kappa shape index (κ2) is 20.7. The number of amides is 2. The summed E-state index contributed by atoms with van der Waals surface area (Å²) >= 11 is 13.2. The number of benzene rings is 4. The zero-order chi connectivity index (χ0) is 40.8. The summed E-state index contributed by atoms with van der Waals surface area (Å²) < 4.78 is 22.6. The summed E-state index contributed by atoms with van der Waals surface area (Å²) in [5.74, 6) is -1.03. The number of azo groups is 2. The summed E-state index contributed by atoms with van der Waals surface area (Å²) in [7, 11) is 0. The number of ether oxygens (including phenoxy) is 4. The molecule has 4 aromatic carbocycles. The average Bonchev–Trinajstić information content (AvgIpc) is 3.15. The number of nitrogens with one attached hydrogen (secondary N) is 2. The van der Waals surface area contributed by atoms with Crippen LogP contribution in [-0.2, 0) is 19.2 Å². The molecule has 14 nitrogen and oxygen atoms in total. The maximum atomic E-state index is 13.3. The lowest BCUT2D eigenvalue weighted by Gasteiger charge is -2.17. The lowest BCUT2D eigenvalue weighted by atomic mass is 10.0. The van der Waals surface area contributed by atoms with Crippen molar-refractivity contribution in [3.63, 3.8) is 0 Å². The Kier molecular flexibility index (Phi) is 15.9. The molecule has 0 radical (unpaired) electrons. The van der Waals surface area contributed by atoms with Crippen LogP contribution in [0.2, 0.25) is 10.0 Å². The van der Waals surface area contributed by atoms with Crippen molar-refractivity contribution in [2.75, 3.05) is 37.1 Å². The minimum Gasteiger partial charge on any atom is -0.492 e. The number of carbonyl (C=O) groups excluding carboxylic acids is 4. The van der Waals surface area contributed by atoms with Gasteiger partial charge in [-0.1, -0.05) is 47.5 Å². The van der Waals surface area contributed by atoms with Crippen molar-refractivity contribution >= 4 is 69.3 Å². The first-order valence-electron chi connectivity index (χ1n) is 17.7. The zero-order valence-electron chi connectivity index (χ0n) is 31.7. The molecule has 56 heavy (non-hydrogen) atoms. The Balaban J connectivity index is 1.51. The van der Waals surface area contributed by atoms with Gasteiger partial charge in [-0.05, 0) is 95.6 Å². The smallest absolute Gasteiger partial charge is 0.259 e. The van der Waals surface area contributed by atoms with Gasteiger partial charge in [0, 0.05) is 5.56 Å². The molecule has 4 rings (SSSR count). The van der Waals surface area contributed by atoms with E-state index in [0.29, 0.717) is 60.6 Å². The molecule has 0 saturated heterocycles. The first-order valence-corrected chi connectivity index (χ1v) is 18.5. The molecule has 2 N–H and O–H groups in total. The molecule has 0 spiro atoms. The van der Waals surface area contributed by atoms with Crippen LogP contribution in [0.1, 0.15) is 41.5 Å². The Morgan fingerprint density at radius 3 is 1.43 bits per heavy atom. The molecule has 0 saturated carbocycles. The topological polar surface area (TPSA) is 179 Å². The van der Waals surface area contributed by atoms with Crippen LogP contribution in [0.4, 0.5) is 22.7 Å². The third-order valence-electron chi connectivity index (χ3n) is 7.72. The average molecular weight is 806 g/mol. The van der Waals surface area contributed by atoms with E-state index in [1.807, 2.05) is 0 Å². The van der Waals surface area contributed by atoms with Gasteiger partial charge in [-0.15, -0.1) is 0 Å². The van der Waals surface area contributed by atoms with Gasteiger partial charge in [-0.2, -0.15) is 20.5 Å². The Hall–Kier alpha value is -5.86. The van der Waals surface area contributed by atoms with Crippen molar-refractivity contribution in [2.45, 2.75) is 53.6 Å². The van der Waals surface area contributed by atoms with Gasteiger partial charge in [0.15, 0.2) is 11.6 Å². The van der Waals surface area contributed by atoms with Crippen molar-refractivity contribution < 1.29 is 38.1 Å². The van der Waals surface area contributed by atoms with Crippen LogP contribution < -0.4 is 29.6 Å². The highest BCUT2D eigenvalue weighted by atomic mass is 35.5. The molecular weight excluding hydrogens is 763 g/mol. The molecule has 0 bridgehead atoms. The number of nitrogens with zero attached hydrogens (tertiary/aromatic N) is 4. The molecule has 0 aliphatic heterocycles. The molecule has 0 fully saturated rings. The maximum absolute atomic E-state index is 13.3. The van der Waals surface area contributed by atoms with E-state index in [2.05, 4.69) is 31.1 Å². The first kappa shape index (κ1) is 42.9. The number of halogens is 2. The number of ketones is 2. The van der Waals surface area contributed by atoms with Gasteiger partial charge in [-0.25, -0.2) is 0 Å². The van der Waals surface area contributed by atoms with E-state index in [-0.39, 0.29) is 32.8 Å². The molecule has 2 unspecified atom stereocenters. The number of hydrogen-bond acceptors (Lipinski definition) is 12. The van der Waals surface area contributed by atoms with Crippen LogP contribution >= 0.6 is 23.2 Å². The minimum absolute atomic E-state index is 0.169. The van der Waals surface area contributed by atoms with Crippen LogP contribution in [0.25, 0.3) is 11.1 Å². The van der Waals surface area contributed by atoms with E-state index in [4.69, 9.17) is 42.1 Å². The molecule has 16 heteroatoms. The summed E-state index contributed by atoms with van der Waals surface area (Å²) in [6.45, 7) is 11.1. The largest absolute Gasteiger partial charge is 0.492 e. The molecule has 0 aromatic heterocycles. The van der Waals surface area contributed by atoms with Crippen LogP contribution in [0.5, 0.6) is 23.0 Å². The van der Waals surface area contributed by atoms with Crippen LogP contribution in [0.3, 0.4) is 0 Å². The van der Waals surface area contributed by atoms with E-state index >= 15 is 0 Å². The summed E-state index contributed by atoms with van der Waals surface area (Å²) in [6, 6.07) is 16.8. The molecule has 0 aliphatic carbocycles. The Morgan fingerprint density at radius 1 is 0.589 bits per heavy atom. The van der Waals surface area contributed by atoms with Crippen LogP contribution in [0, 0.1) is 0 Å². The number of anilines is 2. The highest BCUT2D eigenvalue weighted by Crippen LogP contribution is 2.38. The highest BCUT2D eigenvalue weighted by molar-refractivity contribution is 6.34. The maximum Gasteiger partial charge on any atom is 0.259 e. The number of para-hydroxylation sites is 2. The predicted molar refractivity (Wildman–Crippen MR) is 215 cm³/mol. The fraction of sp³-hybridized carbons (Fsp3) is 0.300. The summed E-state index contributed by atoms with van der Waals surface area (Å²) in [5.41, 5.74) is 2.22. The molecule has 2 amide bonds. The van der Waals surface area contributed by atoms with Crippen LogP contribution in [0.15, 0.2) is 93.3 Å². The Morgan fingerprint density at radius 2 is 1.04 bits per heavy atom. The van der Waals surface area contributed by atoms with Crippen molar-refractivity contribution in [3.8, 4) is 34.1 Å². The second-order valence-electron chi connectivity index (χ2n) is 11.8. The lowest BCUT2D eigenvalue weighted by Crippen LogP contribution is -2.32. The number of carbonyl (C=O) groups is 4. The molecule has 294 valence electrons. The van der Waals surface area contributed by atoms with Gasteiger partial charge in [0.1, 0.15) is 40.1 Å². The van der Waals surface area contributed by atoms with Gasteiger partial charge in [0.2, 0.25) is 12.1 Å². The van der Waals surface area contributed by atoms with Crippen LogP contribution in [-0.4, -0.2) is 61.9 Å². The van der Waals surface area contributed by atoms with Crippen molar-refractivity contribution in [3.05, 3.63) is 82.8 Å². The lowest BCUT2D eigenvalue weighted by molar-refractivity contribution is -0.127. The summed E-state index contributed by atoms with van der Waals surface area (Å²) in [6.07, 6.45) is 0. The monoisotopic (exact) mass is 804 g/mol. The number of rotatable bonds is 19. The quantitative estimate of drug-likeness (QED) is 0.0695. The molecular formula is C40H42Cl2N6O8. The third-order valence-corrected chi connectivity index (χ3v) is 8.33. The highest BCUT2D eigenvalue weighted by Gasteiger charge is 2.27. The van der Waals surface area contributed by atoms with E-state index in [9.17, 15) is 19.2 Å². The van der Waals surface area contributed by atoms with E-state index in [1.54, 1.807) is 94.4 Å². The third kappa shape index (κ3) is 11.1. The van der Waals surface area contributed by atoms with E-state index < -0.39 is 35.5 Å². The van der Waals surface area contributed by atoms with Gasteiger partial charge >= 0.3 is 0 Å². The molecule has 0 heterocycles. The van der Waals surface area contributed by atoms with Gasteiger partial charge in [-0.3, -0.25) is 19.2 Å². The van der Waals surface area contributed by atoms with Crippen molar-refractivity contribution in [1.82, 2.24) is 0 Å². The molecule has 0 aliphatic rings. The Bertz CT molecular complexity index is 2080. The van der Waals surface area contributed by atoms with E-state index in [1.165, 1.54) is 19.9 Å². The van der Waals surface area contributed by atoms with Crippen molar-refractivity contribution in [2.24, 2.45) is 20.5 Å². The standard InChI is InChI=1S/C40H42Cl2N6O8/c1-7-53-31-13-11-14-32(54-8-2)37(31)43-39(51)35(23(5)49)47-45-26-18-19-27(28(41)22-26)25-17-20-30(29(42)21-25)46-48-36(24(6)50)40(52)44-38-33(55-9-3)15-12-16-34(38)56-10-4/h11-22,35-36H,7-10H2,1-6H3,(H,43,51)(H,44,52). The first-order chi connectivity index (χ1) is 26.9. The van der Waals surface area contributed by atoms with Crippen molar-refractivity contribution in [1.29, 1.82) is 0 Å². The van der Waals surface area contributed by atoms with E-state index in [0.717, 1.165) is 0 Å². The SMILES string of the molecule is CCOc1cccc(OCC)c1NC(=O)C(N=Nc1ccc(-c2ccc(N=NC(C(C)=O)C(=O)Nc3c(OCC)cccc3OCC)c(Cl)c2)c(Cl)c1)C(C)=O. The number of hydrogen-bond donors (Lipinski definition) is 2. The zero-order valence-corrected chi connectivity index (χ0v) is 33.2.